The van der Waals surface area contributed by atoms with E-state index in [2.05, 4.69) is 0 Å². The molecule has 3 N–H and O–H groups in total. The monoisotopic (exact) mass is 191 g/mol. The third-order valence-electron chi connectivity index (χ3n) is 3.36. The van der Waals surface area contributed by atoms with Gasteiger partial charge < -0.3 is 10.8 Å². The number of hydrogen-bond donors (Lipinski definition) is 2. The molecule has 1 aromatic carbocycles. The average Bonchev–Trinajstić information content (AvgIpc) is 2.80. The number of aryl methyl sites for hydroxylation is 1. The van der Waals surface area contributed by atoms with Crippen molar-refractivity contribution in [2.45, 2.75) is 39.2 Å². The second-order valence-corrected chi connectivity index (χ2v) is 4.49. The highest BCUT2D eigenvalue weighted by molar-refractivity contribution is 5.51. The Labute approximate surface area is 84.7 Å². The molecule has 1 aliphatic rings. The van der Waals surface area contributed by atoms with Crippen molar-refractivity contribution in [1.82, 2.24) is 0 Å². The Morgan fingerprint density at radius 2 is 1.79 bits per heavy atom. The van der Waals surface area contributed by atoms with Crippen molar-refractivity contribution in [3.8, 4) is 5.75 Å². The van der Waals surface area contributed by atoms with Crippen LogP contribution >= 0.6 is 0 Å². The van der Waals surface area contributed by atoms with Gasteiger partial charge in [-0.05, 0) is 61.9 Å². The van der Waals surface area contributed by atoms with E-state index in [-0.39, 0.29) is 5.54 Å². The molecular formula is C12H17NO. The molecule has 0 aliphatic heterocycles. The van der Waals surface area contributed by atoms with E-state index in [4.69, 9.17) is 5.73 Å². The first-order chi connectivity index (χ1) is 6.46. The van der Waals surface area contributed by atoms with Gasteiger partial charge in [-0.15, -0.1) is 0 Å². The second kappa shape index (κ2) is 2.74. The highest BCUT2D eigenvalue weighted by atomic mass is 16.3. The Kier molecular flexibility index (Phi) is 1.86. The van der Waals surface area contributed by atoms with Crippen LogP contribution in [0.4, 0.5) is 0 Å². The molecule has 2 heteroatoms. The van der Waals surface area contributed by atoms with Crippen LogP contribution in [0.25, 0.3) is 0 Å². The molecule has 1 saturated carbocycles. The van der Waals surface area contributed by atoms with E-state index in [1.54, 1.807) is 0 Å². The molecule has 0 aromatic heterocycles. The van der Waals surface area contributed by atoms with Gasteiger partial charge in [0.2, 0.25) is 0 Å². The van der Waals surface area contributed by atoms with E-state index in [0.29, 0.717) is 5.75 Å². The molecule has 0 spiro atoms. The second-order valence-electron chi connectivity index (χ2n) is 4.49. The van der Waals surface area contributed by atoms with Gasteiger partial charge in [0.15, 0.2) is 0 Å². The van der Waals surface area contributed by atoms with E-state index in [1.165, 1.54) is 5.56 Å². The molecule has 0 saturated heterocycles. The molecule has 2 rings (SSSR count). The van der Waals surface area contributed by atoms with Gasteiger partial charge in [0.1, 0.15) is 5.75 Å². The molecule has 1 fully saturated rings. The first kappa shape index (κ1) is 9.53. The minimum absolute atomic E-state index is 0.105. The first-order valence-corrected chi connectivity index (χ1v) is 5.05. The largest absolute Gasteiger partial charge is 0.508 e. The molecule has 0 atom stereocenters. The molecule has 14 heavy (non-hydrogen) atoms. The molecule has 76 valence electrons. The zero-order valence-electron chi connectivity index (χ0n) is 9.02. The van der Waals surface area contributed by atoms with Crippen LogP contribution in [-0.2, 0) is 5.54 Å². The molecule has 0 bridgehead atoms. The number of phenols is 1. The Bertz CT molecular complexity index is 392. The highest BCUT2D eigenvalue weighted by Gasteiger charge is 2.42. The molecule has 0 unspecified atom stereocenters. The molecule has 1 aliphatic carbocycles. The molecular weight excluding hydrogens is 174 g/mol. The fourth-order valence-electron chi connectivity index (χ4n) is 2.21. The van der Waals surface area contributed by atoms with E-state index >= 15 is 0 Å². The topological polar surface area (TPSA) is 46.2 Å². The summed E-state index contributed by atoms with van der Waals surface area (Å²) < 4.78 is 0. The van der Waals surface area contributed by atoms with Gasteiger partial charge in [-0.2, -0.15) is 0 Å². The lowest BCUT2D eigenvalue weighted by atomic mass is 9.91. The van der Waals surface area contributed by atoms with Crippen LogP contribution in [0.15, 0.2) is 6.07 Å². The van der Waals surface area contributed by atoms with Crippen LogP contribution in [0.2, 0.25) is 0 Å². The van der Waals surface area contributed by atoms with E-state index in [9.17, 15) is 5.11 Å². The Morgan fingerprint density at radius 3 is 2.29 bits per heavy atom. The van der Waals surface area contributed by atoms with Crippen molar-refractivity contribution in [2.75, 3.05) is 0 Å². The van der Waals surface area contributed by atoms with Gasteiger partial charge in [-0.1, -0.05) is 0 Å². The Morgan fingerprint density at radius 1 is 1.21 bits per heavy atom. The summed E-state index contributed by atoms with van der Waals surface area (Å²) in [5, 5.41) is 9.65. The number of aromatic hydroxyl groups is 1. The normalized spacial score (nSPS) is 18.3. The number of phenolic OH excluding ortho intramolecular Hbond substituents is 1. The SMILES string of the molecule is Cc1cc(O)c(C)c(C)c1C1(N)CC1. The quantitative estimate of drug-likeness (QED) is 0.715. The smallest absolute Gasteiger partial charge is 0.119 e. The first-order valence-electron chi connectivity index (χ1n) is 5.05. The van der Waals surface area contributed by atoms with Crippen molar-refractivity contribution in [1.29, 1.82) is 0 Å². The zero-order chi connectivity index (χ0) is 10.5. The maximum atomic E-state index is 9.65. The zero-order valence-corrected chi connectivity index (χ0v) is 9.02. The third kappa shape index (κ3) is 1.22. The lowest BCUT2D eigenvalue weighted by Crippen LogP contribution is -2.21. The van der Waals surface area contributed by atoms with Crippen molar-refractivity contribution in [2.24, 2.45) is 5.73 Å². The van der Waals surface area contributed by atoms with Crippen LogP contribution in [0.1, 0.15) is 35.1 Å². The molecule has 2 nitrogen and oxygen atoms in total. The summed E-state index contributed by atoms with van der Waals surface area (Å²) in [6, 6.07) is 1.82. The molecule has 0 amide bonds. The molecule has 0 heterocycles. The third-order valence-corrected chi connectivity index (χ3v) is 3.36. The fourth-order valence-corrected chi connectivity index (χ4v) is 2.21. The molecule has 1 aromatic rings. The summed E-state index contributed by atoms with van der Waals surface area (Å²) in [5.41, 5.74) is 10.6. The van der Waals surface area contributed by atoms with E-state index in [1.807, 2.05) is 26.8 Å². The van der Waals surface area contributed by atoms with Crippen LogP contribution in [0, 0.1) is 20.8 Å². The van der Waals surface area contributed by atoms with Crippen molar-refractivity contribution >= 4 is 0 Å². The predicted molar refractivity (Wildman–Crippen MR) is 57.4 cm³/mol. The van der Waals surface area contributed by atoms with E-state index < -0.39 is 0 Å². The van der Waals surface area contributed by atoms with Crippen molar-refractivity contribution in [3.63, 3.8) is 0 Å². The summed E-state index contributed by atoms with van der Waals surface area (Å²) in [7, 11) is 0. The van der Waals surface area contributed by atoms with Crippen molar-refractivity contribution in [3.05, 3.63) is 28.3 Å². The van der Waals surface area contributed by atoms with Gasteiger partial charge in [0.25, 0.3) is 0 Å². The van der Waals surface area contributed by atoms with Gasteiger partial charge in [-0.3, -0.25) is 0 Å². The highest BCUT2D eigenvalue weighted by Crippen LogP contribution is 2.47. The predicted octanol–water partition coefficient (Wildman–Crippen LogP) is 2.27. The number of rotatable bonds is 1. The number of nitrogens with two attached hydrogens (primary N) is 1. The maximum absolute atomic E-state index is 9.65. The molecule has 0 radical (unpaired) electrons. The van der Waals surface area contributed by atoms with Gasteiger partial charge in [-0.25, -0.2) is 0 Å². The summed E-state index contributed by atoms with van der Waals surface area (Å²) in [5.74, 6) is 0.382. The van der Waals surface area contributed by atoms with Gasteiger partial charge in [0.05, 0.1) is 0 Å². The summed E-state index contributed by atoms with van der Waals surface area (Å²) >= 11 is 0. The summed E-state index contributed by atoms with van der Waals surface area (Å²) in [4.78, 5) is 0. The number of benzene rings is 1. The van der Waals surface area contributed by atoms with E-state index in [0.717, 1.165) is 29.5 Å². The maximum Gasteiger partial charge on any atom is 0.119 e. The number of hydrogen-bond acceptors (Lipinski definition) is 2. The fraction of sp³-hybridized carbons (Fsp3) is 0.500. The van der Waals surface area contributed by atoms with Crippen LogP contribution in [0.5, 0.6) is 5.75 Å². The standard InChI is InChI=1S/C12H17NO/c1-7-6-10(14)8(2)9(3)11(7)12(13)4-5-12/h6,14H,4-5,13H2,1-3H3. The van der Waals surface area contributed by atoms with Gasteiger partial charge >= 0.3 is 0 Å². The van der Waals surface area contributed by atoms with Crippen LogP contribution in [0.3, 0.4) is 0 Å². The lowest BCUT2D eigenvalue weighted by molar-refractivity contribution is 0.469. The minimum atomic E-state index is -0.105. The Hall–Kier alpha value is -1.02. The lowest BCUT2D eigenvalue weighted by Gasteiger charge is -2.19. The van der Waals surface area contributed by atoms with Crippen LogP contribution in [-0.4, -0.2) is 5.11 Å². The summed E-state index contributed by atoms with van der Waals surface area (Å²) in [6.45, 7) is 6.01. The summed E-state index contributed by atoms with van der Waals surface area (Å²) in [6.07, 6.45) is 2.14. The van der Waals surface area contributed by atoms with Crippen molar-refractivity contribution < 1.29 is 5.11 Å². The average molecular weight is 191 g/mol. The van der Waals surface area contributed by atoms with Gasteiger partial charge in [0, 0.05) is 5.54 Å². The Balaban J connectivity index is 2.65. The minimum Gasteiger partial charge on any atom is -0.508 e. The van der Waals surface area contributed by atoms with Crippen LogP contribution < -0.4 is 5.73 Å².